The summed E-state index contributed by atoms with van der Waals surface area (Å²) >= 11 is 8.91. The van der Waals surface area contributed by atoms with E-state index >= 15 is 0 Å². The summed E-state index contributed by atoms with van der Waals surface area (Å²) in [7, 11) is 3.02. The number of fused-ring (bicyclic) bond motifs is 1. The van der Waals surface area contributed by atoms with Gasteiger partial charge >= 0.3 is 5.97 Å². The first kappa shape index (κ1) is 32.3. The number of thiophene rings is 1. The van der Waals surface area contributed by atoms with Crippen LogP contribution in [-0.4, -0.2) is 59.1 Å². The molecule has 11 nitrogen and oxygen atoms in total. The van der Waals surface area contributed by atoms with Crippen LogP contribution in [-0.2, 0) is 28.9 Å². The molecule has 0 atom stereocenters. The zero-order valence-corrected chi connectivity index (χ0v) is 27.4. The van der Waals surface area contributed by atoms with Crippen molar-refractivity contribution in [1.29, 1.82) is 0 Å². The molecule has 0 fully saturated rings. The van der Waals surface area contributed by atoms with Crippen LogP contribution in [0.2, 0.25) is 5.02 Å². The van der Waals surface area contributed by atoms with Crippen LogP contribution in [0, 0.1) is 0 Å². The molecule has 0 saturated carbocycles. The standard InChI is InChI=1S/C31H32ClN5O6S2/c1-4-43-30(40)27-21-10-5-6-11-24(21)45-29(27)34-26(38)17-44-31-36-35-25(37(31)20-9-7-8-19(32)15-20)16-33-28(39)18-12-13-22(41-2)23(14-18)42-3/h7-9,12-15H,4-6,10-11,16-17H2,1-3H3,(H,33,39)(H,34,38). The summed E-state index contributed by atoms with van der Waals surface area (Å²) < 4.78 is 17.6. The molecule has 14 heteroatoms. The van der Waals surface area contributed by atoms with Crippen molar-refractivity contribution < 1.29 is 28.6 Å². The molecule has 236 valence electrons. The van der Waals surface area contributed by atoms with Gasteiger partial charge in [-0.05, 0) is 74.6 Å². The maximum atomic E-state index is 13.2. The third kappa shape index (κ3) is 7.43. The van der Waals surface area contributed by atoms with E-state index in [9.17, 15) is 14.4 Å². The minimum atomic E-state index is -0.416. The van der Waals surface area contributed by atoms with E-state index < -0.39 is 5.97 Å². The molecule has 4 aromatic rings. The lowest BCUT2D eigenvalue weighted by atomic mass is 9.95. The predicted molar refractivity (Wildman–Crippen MR) is 173 cm³/mol. The number of nitrogens with zero attached hydrogens (tertiary/aromatic N) is 3. The van der Waals surface area contributed by atoms with E-state index in [0.29, 0.717) is 49.3 Å². The summed E-state index contributed by atoms with van der Waals surface area (Å²) in [5.74, 6) is 0.318. The average Bonchev–Trinajstić information content (AvgIpc) is 3.63. The van der Waals surface area contributed by atoms with Crippen LogP contribution in [0.4, 0.5) is 5.00 Å². The second-order valence-corrected chi connectivity index (χ2v) is 12.4. The van der Waals surface area contributed by atoms with Crippen molar-refractivity contribution in [2.75, 3.05) is 31.9 Å². The molecular weight excluding hydrogens is 638 g/mol. The number of benzene rings is 2. The van der Waals surface area contributed by atoms with Crippen molar-refractivity contribution in [3.8, 4) is 17.2 Å². The van der Waals surface area contributed by atoms with E-state index in [4.69, 9.17) is 25.8 Å². The second kappa shape index (κ2) is 14.8. The van der Waals surface area contributed by atoms with Crippen molar-refractivity contribution in [1.82, 2.24) is 20.1 Å². The third-order valence-corrected chi connectivity index (χ3v) is 9.43. The van der Waals surface area contributed by atoms with Crippen molar-refractivity contribution >= 4 is 57.5 Å². The van der Waals surface area contributed by atoms with Gasteiger partial charge in [0.25, 0.3) is 5.91 Å². The molecule has 2 N–H and O–H groups in total. The number of halogens is 1. The Hall–Kier alpha value is -4.07. The smallest absolute Gasteiger partial charge is 0.341 e. The first-order valence-electron chi connectivity index (χ1n) is 14.3. The molecule has 0 spiro atoms. The number of aromatic nitrogens is 3. The summed E-state index contributed by atoms with van der Waals surface area (Å²) in [6, 6.07) is 12.0. The molecular formula is C31H32ClN5O6S2. The number of carbonyl (C=O) groups excluding carboxylic acids is 3. The molecule has 2 aromatic carbocycles. The molecule has 5 rings (SSSR count). The molecule has 2 heterocycles. The molecule has 2 aromatic heterocycles. The highest BCUT2D eigenvalue weighted by atomic mass is 35.5. The highest BCUT2D eigenvalue weighted by Crippen LogP contribution is 2.39. The number of thioether (sulfide) groups is 1. The molecule has 45 heavy (non-hydrogen) atoms. The van der Waals surface area contributed by atoms with Gasteiger partial charge in [0.2, 0.25) is 5.91 Å². The van der Waals surface area contributed by atoms with Crippen molar-refractivity contribution in [3.63, 3.8) is 0 Å². The maximum Gasteiger partial charge on any atom is 0.341 e. The number of hydrogen-bond acceptors (Lipinski definition) is 10. The second-order valence-electron chi connectivity index (χ2n) is 9.94. The number of aryl methyl sites for hydroxylation is 1. The van der Waals surface area contributed by atoms with Crippen LogP contribution in [0.15, 0.2) is 47.6 Å². The Labute approximate surface area is 273 Å². The zero-order chi connectivity index (χ0) is 31.9. The largest absolute Gasteiger partial charge is 0.493 e. The Morgan fingerprint density at radius 3 is 2.60 bits per heavy atom. The molecule has 1 aliphatic carbocycles. The Kier molecular flexibility index (Phi) is 10.6. The minimum absolute atomic E-state index is 0.00152. The fourth-order valence-corrected chi connectivity index (χ4v) is 7.24. The van der Waals surface area contributed by atoms with Crippen LogP contribution in [0.5, 0.6) is 11.5 Å². The first-order chi connectivity index (χ1) is 21.8. The van der Waals surface area contributed by atoms with E-state index in [1.807, 2.05) is 6.07 Å². The van der Waals surface area contributed by atoms with Gasteiger partial charge in [-0.3, -0.25) is 14.2 Å². The normalized spacial score (nSPS) is 12.3. The number of nitrogens with one attached hydrogen (secondary N) is 2. The maximum absolute atomic E-state index is 13.2. The number of esters is 1. The van der Waals surface area contributed by atoms with E-state index in [1.165, 1.54) is 37.3 Å². The number of carbonyl (C=O) groups is 3. The van der Waals surface area contributed by atoms with E-state index in [2.05, 4.69) is 20.8 Å². The Balaban J connectivity index is 1.33. The summed E-state index contributed by atoms with van der Waals surface area (Å²) in [4.78, 5) is 40.1. The number of rotatable bonds is 12. The number of anilines is 1. The lowest BCUT2D eigenvalue weighted by molar-refractivity contribution is -0.113. The summed E-state index contributed by atoms with van der Waals surface area (Å²) in [5, 5.41) is 15.9. The SMILES string of the molecule is CCOC(=O)c1c(NC(=O)CSc2nnc(CNC(=O)c3ccc(OC)c(OC)c3)n2-c2cccc(Cl)c2)sc2c1CCCC2. The molecule has 2 amide bonds. The Morgan fingerprint density at radius 2 is 1.84 bits per heavy atom. The van der Waals surface area contributed by atoms with Crippen molar-refractivity contribution in [3.05, 3.63) is 74.9 Å². The summed E-state index contributed by atoms with van der Waals surface area (Å²) in [5.41, 5.74) is 2.49. The van der Waals surface area contributed by atoms with Gasteiger partial charge in [-0.15, -0.1) is 21.5 Å². The van der Waals surface area contributed by atoms with Gasteiger partial charge in [-0.25, -0.2) is 4.79 Å². The van der Waals surface area contributed by atoms with Gasteiger partial charge in [0, 0.05) is 15.5 Å². The molecule has 0 radical (unpaired) electrons. The van der Waals surface area contributed by atoms with E-state index in [-0.39, 0.29) is 30.7 Å². The van der Waals surface area contributed by atoms with Gasteiger partial charge in [0.15, 0.2) is 22.5 Å². The van der Waals surface area contributed by atoms with Crippen LogP contribution in [0.1, 0.15) is 56.7 Å². The minimum Gasteiger partial charge on any atom is -0.493 e. The van der Waals surface area contributed by atoms with Crippen LogP contribution >= 0.6 is 34.7 Å². The van der Waals surface area contributed by atoms with Crippen LogP contribution in [0.25, 0.3) is 5.69 Å². The van der Waals surface area contributed by atoms with Crippen LogP contribution < -0.4 is 20.1 Å². The van der Waals surface area contributed by atoms with E-state index in [0.717, 1.165) is 36.1 Å². The average molecular weight is 670 g/mol. The van der Waals surface area contributed by atoms with Crippen LogP contribution in [0.3, 0.4) is 0 Å². The zero-order valence-electron chi connectivity index (χ0n) is 25.0. The molecule has 0 aliphatic heterocycles. The number of ether oxygens (including phenoxy) is 3. The fourth-order valence-electron chi connectivity index (χ4n) is 4.99. The van der Waals surface area contributed by atoms with Gasteiger partial charge in [0.1, 0.15) is 5.00 Å². The quantitative estimate of drug-likeness (QED) is 0.144. The monoisotopic (exact) mass is 669 g/mol. The molecule has 0 bridgehead atoms. The highest BCUT2D eigenvalue weighted by Gasteiger charge is 2.27. The molecule has 0 unspecified atom stereocenters. The highest BCUT2D eigenvalue weighted by molar-refractivity contribution is 7.99. The van der Waals surface area contributed by atoms with Gasteiger partial charge in [0.05, 0.1) is 44.4 Å². The Morgan fingerprint density at radius 1 is 1.04 bits per heavy atom. The number of amides is 2. The topological polar surface area (TPSA) is 134 Å². The van der Waals surface area contributed by atoms with Crippen molar-refractivity contribution in [2.24, 2.45) is 0 Å². The molecule has 1 aliphatic rings. The summed E-state index contributed by atoms with van der Waals surface area (Å²) in [6.45, 7) is 2.06. The lowest BCUT2D eigenvalue weighted by Gasteiger charge is -2.13. The first-order valence-corrected chi connectivity index (χ1v) is 16.5. The molecule has 0 saturated heterocycles. The third-order valence-electron chi connectivity index (χ3n) is 7.06. The predicted octanol–water partition coefficient (Wildman–Crippen LogP) is 5.72. The number of hydrogen-bond donors (Lipinski definition) is 2. The lowest BCUT2D eigenvalue weighted by Crippen LogP contribution is -2.24. The summed E-state index contributed by atoms with van der Waals surface area (Å²) in [6.07, 6.45) is 3.72. The number of methoxy groups -OCH3 is 2. The van der Waals surface area contributed by atoms with Crippen molar-refractivity contribution in [2.45, 2.75) is 44.3 Å². The van der Waals surface area contributed by atoms with Gasteiger partial charge in [-0.2, -0.15) is 0 Å². The van der Waals surface area contributed by atoms with Gasteiger partial charge < -0.3 is 24.8 Å². The van der Waals surface area contributed by atoms with E-state index in [1.54, 1.807) is 47.9 Å². The fraction of sp³-hybridized carbons (Fsp3) is 0.323. The van der Waals surface area contributed by atoms with Gasteiger partial charge in [-0.1, -0.05) is 29.4 Å². The Bertz CT molecular complexity index is 1720.